The third-order valence-corrected chi connectivity index (χ3v) is 7.57. The first-order valence-corrected chi connectivity index (χ1v) is 15.1. The van der Waals surface area contributed by atoms with E-state index in [1.165, 1.54) is 6.08 Å². The van der Waals surface area contributed by atoms with E-state index in [-0.39, 0.29) is 11.2 Å². The number of benzene rings is 3. The van der Waals surface area contributed by atoms with E-state index >= 15 is 0 Å². The lowest BCUT2D eigenvalue weighted by Crippen LogP contribution is -2.25. The fourth-order valence-corrected chi connectivity index (χ4v) is 4.92. The molecule has 0 spiro atoms. The van der Waals surface area contributed by atoms with Crippen molar-refractivity contribution in [2.75, 3.05) is 18.0 Å². The molecular weight excluding hydrogens is 548 g/mol. The molecule has 0 fully saturated rings. The number of rotatable bonds is 13. The predicted octanol–water partition coefficient (Wildman–Crippen LogP) is 8.84. The van der Waals surface area contributed by atoms with Crippen LogP contribution in [0.5, 0.6) is 0 Å². The number of anilines is 1. The Balaban J connectivity index is 1.47. The van der Waals surface area contributed by atoms with Crippen molar-refractivity contribution in [3.8, 4) is 6.07 Å². The maximum absolute atomic E-state index is 13.0. The summed E-state index contributed by atoms with van der Waals surface area (Å²) in [6, 6.07) is 23.1. The number of fused-ring (bicyclic) bond motifs is 1. The Labute approximate surface area is 258 Å². The van der Waals surface area contributed by atoms with Crippen LogP contribution in [0.15, 0.2) is 81.5 Å². The summed E-state index contributed by atoms with van der Waals surface area (Å²) in [7, 11) is 0. The normalized spacial score (nSPS) is 11.8. The fraction of sp³-hybridized carbons (Fsp3) is 0.237. The van der Waals surface area contributed by atoms with Crippen molar-refractivity contribution in [2.24, 2.45) is 0 Å². The largest absolute Gasteiger partial charge is 0.477 e. The SMILES string of the molecule is CCCCN(CCCC)c1ccc2c(C)c(/C=C/c3ccc(/C=C/c4ccc(C=C(C#N)C(=O)O)cc4)cc3)c(=O)oc2c1. The third kappa shape index (κ3) is 8.23. The molecular formula is C38H38N2O4. The van der Waals surface area contributed by atoms with E-state index in [1.807, 2.05) is 73.7 Å². The van der Waals surface area contributed by atoms with E-state index in [0.717, 1.165) is 72.1 Å². The first-order valence-electron chi connectivity index (χ1n) is 15.1. The molecule has 0 bridgehead atoms. The standard InChI is InChI=1S/C38H38N2O4/c1-4-6-22-40(23-7-5-2)33-19-21-34-27(3)35(38(43)44-36(34)25-33)20-18-30-12-10-28(11-13-30)8-9-29-14-16-31(17-15-29)24-32(26-39)37(41)42/h8-21,24-25H,4-7,22-23H2,1-3H3,(H,41,42)/b9-8+,20-18+,32-24?. The molecule has 224 valence electrons. The summed E-state index contributed by atoms with van der Waals surface area (Å²) in [4.78, 5) is 26.4. The summed E-state index contributed by atoms with van der Waals surface area (Å²) in [6.45, 7) is 8.35. The molecule has 3 aromatic carbocycles. The lowest BCUT2D eigenvalue weighted by Gasteiger charge is -2.25. The van der Waals surface area contributed by atoms with Crippen LogP contribution in [0.25, 0.3) is 41.3 Å². The lowest BCUT2D eigenvalue weighted by molar-refractivity contribution is -0.132. The molecule has 1 aromatic heterocycles. The first kappa shape index (κ1) is 31.8. The highest BCUT2D eigenvalue weighted by Crippen LogP contribution is 2.26. The van der Waals surface area contributed by atoms with E-state index in [2.05, 4.69) is 30.9 Å². The van der Waals surface area contributed by atoms with Gasteiger partial charge in [-0.1, -0.05) is 93.4 Å². The van der Waals surface area contributed by atoms with Gasteiger partial charge >= 0.3 is 11.6 Å². The van der Waals surface area contributed by atoms with Crippen molar-refractivity contribution in [1.29, 1.82) is 5.26 Å². The van der Waals surface area contributed by atoms with Gasteiger partial charge < -0.3 is 14.4 Å². The van der Waals surface area contributed by atoms with Gasteiger partial charge in [0.2, 0.25) is 0 Å². The quantitative estimate of drug-likeness (QED) is 0.0728. The van der Waals surface area contributed by atoms with Gasteiger partial charge in [-0.2, -0.15) is 5.26 Å². The van der Waals surface area contributed by atoms with Crippen molar-refractivity contribution in [3.05, 3.63) is 116 Å². The van der Waals surface area contributed by atoms with Gasteiger partial charge in [0.05, 0.1) is 5.56 Å². The monoisotopic (exact) mass is 586 g/mol. The number of carboxylic acid groups (broad SMARTS) is 1. The smallest absolute Gasteiger partial charge is 0.346 e. The van der Waals surface area contributed by atoms with Crippen molar-refractivity contribution in [3.63, 3.8) is 0 Å². The molecule has 6 heteroatoms. The van der Waals surface area contributed by atoms with Gasteiger partial charge in [-0.25, -0.2) is 9.59 Å². The van der Waals surface area contributed by atoms with Crippen LogP contribution in [0.1, 0.15) is 72.9 Å². The van der Waals surface area contributed by atoms with Gasteiger partial charge in [0, 0.05) is 30.2 Å². The van der Waals surface area contributed by atoms with Crippen LogP contribution in [0, 0.1) is 18.3 Å². The van der Waals surface area contributed by atoms with E-state index in [9.17, 15) is 9.59 Å². The molecule has 0 saturated heterocycles. The average molecular weight is 587 g/mol. The number of hydrogen-bond donors (Lipinski definition) is 1. The van der Waals surface area contributed by atoms with Crippen LogP contribution < -0.4 is 10.5 Å². The Hall–Kier alpha value is -5.15. The lowest BCUT2D eigenvalue weighted by atomic mass is 10.0. The number of carboxylic acids is 1. The fourth-order valence-electron chi connectivity index (χ4n) is 4.92. The van der Waals surface area contributed by atoms with Crippen LogP contribution in [-0.4, -0.2) is 24.2 Å². The number of aliphatic carboxylic acids is 1. The van der Waals surface area contributed by atoms with Gasteiger partial charge in [0.1, 0.15) is 17.2 Å². The highest BCUT2D eigenvalue weighted by atomic mass is 16.4. The van der Waals surface area contributed by atoms with Crippen LogP contribution in [0.4, 0.5) is 5.69 Å². The van der Waals surface area contributed by atoms with Crippen molar-refractivity contribution in [1.82, 2.24) is 0 Å². The molecule has 0 radical (unpaired) electrons. The van der Waals surface area contributed by atoms with Gasteiger partial charge in [-0.3, -0.25) is 0 Å². The van der Waals surface area contributed by atoms with E-state index in [4.69, 9.17) is 14.8 Å². The topological polar surface area (TPSA) is 94.5 Å². The number of carbonyl (C=O) groups is 1. The van der Waals surface area contributed by atoms with Crippen molar-refractivity contribution >= 4 is 53.0 Å². The first-order chi connectivity index (χ1) is 21.3. The summed E-state index contributed by atoms with van der Waals surface area (Å²) in [6.07, 6.45) is 13.6. The summed E-state index contributed by atoms with van der Waals surface area (Å²) >= 11 is 0. The minimum atomic E-state index is -1.24. The Kier molecular flexibility index (Phi) is 11.1. The summed E-state index contributed by atoms with van der Waals surface area (Å²) < 4.78 is 5.81. The number of nitriles is 1. The van der Waals surface area contributed by atoms with Gasteiger partial charge in [0.25, 0.3) is 0 Å². The van der Waals surface area contributed by atoms with Crippen molar-refractivity contribution in [2.45, 2.75) is 46.5 Å². The summed E-state index contributed by atoms with van der Waals surface area (Å²) in [5.41, 5.74) is 6.08. The second-order valence-corrected chi connectivity index (χ2v) is 10.8. The molecule has 0 unspecified atom stereocenters. The number of hydrogen-bond acceptors (Lipinski definition) is 5. The third-order valence-electron chi connectivity index (χ3n) is 7.57. The molecule has 0 atom stereocenters. The predicted molar refractivity (Wildman–Crippen MR) is 181 cm³/mol. The molecule has 1 heterocycles. The van der Waals surface area contributed by atoms with Crippen LogP contribution in [-0.2, 0) is 4.79 Å². The zero-order chi connectivity index (χ0) is 31.5. The van der Waals surface area contributed by atoms with Crippen LogP contribution in [0.2, 0.25) is 0 Å². The highest BCUT2D eigenvalue weighted by Gasteiger charge is 2.13. The summed E-state index contributed by atoms with van der Waals surface area (Å²) in [5, 5.41) is 18.9. The second-order valence-electron chi connectivity index (χ2n) is 10.8. The Morgan fingerprint density at radius 2 is 1.36 bits per heavy atom. The molecule has 0 saturated carbocycles. The summed E-state index contributed by atoms with van der Waals surface area (Å²) in [5.74, 6) is -1.24. The Morgan fingerprint density at radius 1 is 0.841 bits per heavy atom. The van der Waals surface area contributed by atoms with Gasteiger partial charge in [0.15, 0.2) is 0 Å². The zero-order valence-corrected chi connectivity index (χ0v) is 25.5. The van der Waals surface area contributed by atoms with E-state index in [1.54, 1.807) is 18.2 Å². The van der Waals surface area contributed by atoms with Crippen LogP contribution in [0.3, 0.4) is 0 Å². The highest BCUT2D eigenvalue weighted by molar-refractivity contribution is 5.96. The molecule has 0 aliphatic heterocycles. The van der Waals surface area contributed by atoms with Crippen molar-refractivity contribution < 1.29 is 14.3 Å². The van der Waals surface area contributed by atoms with Gasteiger partial charge in [-0.05, 0) is 71.9 Å². The molecule has 4 aromatic rings. The molecule has 4 rings (SSSR count). The maximum atomic E-state index is 13.0. The van der Waals surface area contributed by atoms with Gasteiger partial charge in [-0.15, -0.1) is 0 Å². The zero-order valence-electron chi connectivity index (χ0n) is 25.5. The number of unbranched alkanes of at least 4 members (excludes halogenated alkanes) is 2. The Bertz CT molecular complexity index is 1780. The molecule has 0 aliphatic rings. The minimum absolute atomic E-state index is 0.306. The number of nitrogens with zero attached hydrogens (tertiary/aromatic N) is 2. The van der Waals surface area contributed by atoms with E-state index in [0.29, 0.717) is 16.7 Å². The van der Waals surface area contributed by atoms with E-state index < -0.39 is 5.97 Å². The molecule has 0 amide bonds. The minimum Gasteiger partial charge on any atom is -0.477 e. The molecule has 0 aliphatic carbocycles. The average Bonchev–Trinajstić information content (AvgIpc) is 3.03. The van der Waals surface area contributed by atoms with Crippen LogP contribution >= 0.6 is 0 Å². The maximum Gasteiger partial charge on any atom is 0.346 e. The molecule has 6 nitrogen and oxygen atoms in total. The Morgan fingerprint density at radius 3 is 1.86 bits per heavy atom. The number of aryl methyl sites for hydroxylation is 1. The molecule has 1 N–H and O–H groups in total. The molecule has 44 heavy (non-hydrogen) atoms. The second kappa shape index (κ2) is 15.4.